The molecule has 2 aromatic heterocycles. The van der Waals surface area contributed by atoms with E-state index in [0.717, 1.165) is 55.0 Å². The van der Waals surface area contributed by atoms with Crippen molar-refractivity contribution in [1.29, 1.82) is 0 Å². The number of furan rings is 2. The fourth-order valence-corrected chi connectivity index (χ4v) is 8.00. The number of para-hydroxylation sites is 1. The average molecular weight is 615 g/mol. The molecule has 10 rings (SSSR count). The van der Waals surface area contributed by atoms with Gasteiger partial charge >= 0.3 is 0 Å². The molecule has 0 fully saturated rings. The van der Waals surface area contributed by atoms with Crippen LogP contribution in [0.2, 0.25) is 0 Å². The Hall–Kier alpha value is -6.12. The smallest absolute Gasteiger partial charge is 0.147 e. The van der Waals surface area contributed by atoms with Crippen LogP contribution in [0.5, 0.6) is 0 Å². The molecule has 2 heterocycles. The molecule has 0 saturated heterocycles. The number of hydrogen-bond donors (Lipinski definition) is 0. The lowest BCUT2D eigenvalue weighted by atomic mass is 9.84. The van der Waals surface area contributed by atoms with E-state index in [-0.39, 0.29) is 0 Å². The summed E-state index contributed by atoms with van der Waals surface area (Å²) >= 11 is 0. The molecule has 0 N–H and O–H groups in total. The molecule has 0 aliphatic rings. The van der Waals surface area contributed by atoms with E-state index in [1.807, 2.05) is 12.1 Å². The minimum atomic E-state index is 0.842. The van der Waals surface area contributed by atoms with E-state index in [1.54, 1.807) is 0 Å². The van der Waals surface area contributed by atoms with Gasteiger partial charge in [0.05, 0.1) is 5.39 Å². The molecule has 0 atom stereocenters. The zero-order valence-electron chi connectivity index (χ0n) is 26.7. The highest BCUT2D eigenvalue weighted by molar-refractivity contribution is 6.25. The zero-order valence-corrected chi connectivity index (χ0v) is 26.7. The standard InChI is InChI=1S/C46H30O2/c1-27-21-22-31(28(2)25-27)43-35-15-5-3-13-33(35)42(34-14-4-6-16-36(34)43)30-12-9-11-29(26-30)32-18-10-20-40-44(32)38-23-24-41-45(46(38)48-40)37-17-7-8-19-39(37)47-41/h3-26H,1-2H3. The maximum Gasteiger partial charge on any atom is 0.147 e. The summed E-state index contributed by atoms with van der Waals surface area (Å²) in [5, 5.41) is 9.36. The van der Waals surface area contributed by atoms with Gasteiger partial charge in [0.1, 0.15) is 22.3 Å². The Labute approximate surface area is 277 Å². The van der Waals surface area contributed by atoms with Crippen LogP contribution in [-0.2, 0) is 0 Å². The summed E-state index contributed by atoms with van der Waals surface area (Å²) in [5.41, 5.74) is 13.4. The topological polar surface area (TPSA) is 26.3 Å². The van der Waals surface area contributed by atoms with E-state index < -0.39 is 0 Å². The molecule has 8 aromatic carbocycles. The van der Waals surface area contributed by atoms with Gasteiger partial charge in [-0.1, -0.05) is 121 Å². The second kappa shape index (κ2) is 10.2. The number of hydrogen-bond acceptors (Lipinski definition) is 2. The molecule has 2 nitrogen and oxygen atoms in total. The van der Waals surface area contributed by atoms with Gasteiger partial charge in [0.25, 0.3) is 0 Å². The van der Waals surface area contributed by atoms with Crippen LogP contribution in [0.3, 0.4) is 0 Å². The molecular weight excluding hydrogens is 585 g/mol. The molecule has 0 radical (unpaired) electrons. The quantitative estimate of drug-likeness (QED) is 0.185. The van der Waals surface area contributed by atoms with Gasteiger partial charge in [-0.05, 0) is 105 Å². The SMILES string of the molecule is Cc1ccc(-c2c3ccccc3c(-c3cccc(-c4cccc5oc6c(ccc7oc8ccccc8c76)c45)c3)c3ccccc23)c(C)c1. The second-order valence-electron chi connectivity index (χ2n) is 12.9. The summed E-state index contributed by atoms with van der Waals surface area (Å²) in [4.78, 5) is 0. The normalized spacial score (nSPS) is 12.0. The van der Waals surface area contributed by atoms with Crippen LogP contribution in [0.15, 0.2) is 154 Å². The minimum Gasteiger partial charge on any atom is -0.456 e. The largest absolute Gasteiger partial charge is 0.456 e. The third-order valence-electron chi connectivity index (χ3n) is 10.0. The van der Waals surface area contributed by atoms with Gasteiger partial charge in [-0.2, -0.15) is 0 Å². The Bertz CT molecular complexity index is 2860. The van der Waals surface area contributed by atoms with Crippen molar-refractivity contribution >= 4 is 65.4 Å². The first-order valence-electron chi connectivity index (χ1n) is 16.5. The summed E-state index contributed by atoms with van der Waals surface area (Å²) in [5.74, 6) is 0. The van der Waals surface area contributed by atoms with Gasteiger partial charge in [0, 0.05) is 16.2 Å². The molecule has 48 heavy (non-hydrogen) atoms. The lowest BCUT2D eigenvalue weighted by Crippen LogP contribution is -1.93. The molecule has 0 aliphatic heterocycles. The number of rotatable bonds is 3. The van der Waals surface area contributed by atoms with Gasteiger partial charge in [0.15, 0.2) is 0 Å². The molecule has 10 aromatic rings. The molecule has 0 unspecified atom stereocenters. The van der Waals surface area contributed by atoms with E-state index in [2.05, 4.69) is 147 Å². The van der Waals surface area contributed by atoms with Crippen molar-refractivity contribution in [3.05, 3.63) is 157 Å². The van der Waals surface area contributed by atoms with E-state index >= 15 is 0 Å². The van der Waals surface area contributed by atoms with Crippen LogP contribution in [-0.4, -0.2) is 0 Å². The van der Waals surface area contributed by atoms with E-state index in [0.29, 0.717) is 0 Å². The molecule has 2 heteroatoms. The lowest BCUT2D eigenvalue weighted by molar-refractivity contribution is 0.663. The Kier molecular flexibility index (Phi) is 5.74. The first-order chi connectivity index (χ1) is 23.6. The highest BCUT2D eigenvalue weighted by Crippen LogP contribution is 2.46. The van der Waals surface area contributed by atoms with Crippen LogP contribution in [0, 0.1) is 13.8 Å². The molecule has 0 amide bonds. The Balaban J connectivity index is 1.23. The van der Waals surface area contributed by atoms with Crippen LogP contribution in [0.25, 0.3) is 98.8 Å². The van der Waals surface area contributed by atoms with Crippen molar-refractivity contribution in [1.82, 2.24) is 0 Å². The van der Waals surface area contributed by atoms with Gasteiger partial charge in [-0.25, -0.2) is 0 Å². The summed E-state index contributed by atoms with van der Waals surface area (Å²) in [6.07, 6.45) is 0. The van der Waals surface area contributed by atoms with Crippen LogP contribution >= 0.6 is 0 Å². The monoisotopic (exact) mass is 614 g/mol. The van der Waals surface area contributed by atoms with Crippen LogP contribution in [0.4, 0.5) is 0 Å². The lowest BCUT2D eigenvalue weighted by Gasteiger charge is -2.19. The van der Waals surface area contributed by atoms with Gasteiger partial charge in [-0.15, -0.1) is 0 Å². The molecule has 0 spiro atoms. The van der Waals surface area contributed by atoms with Crippen molar-refractivity contribution in [3.8, 4) is 33.4 Å². The first kappa shape index (κ1) is 27.0. The molecule has 0 aliphatic carbocycles. The Morgan fingerprint density at radius 1 is 0.375 bits per heavy atom. The van der Waals surface area contributed by atoms with Crippen molar-refractivity contribution in [2.75, 3.05) is 0 Å². The third kappa shape index (κ3) is 3.87. The Morgan fingerprint density at radius 2 is 1.00 bits per heavy atom. The summed E-state index contributed by atoms with van der Waals surface area (Å²) in [7, 11) is 0. The highest BCUT2D eigenvalue weighted by Gasteiger charge is 2.20. The zero-order chi connectivity index (χ0) is 31.9. The van der Waals surface area contributed by atoms with Crippen LogP contribution < -0.4 is 0 Å². The highest BCUT2D eigenvalue weighted by atomic mass is 16.3. The molecule has 0 saturated carbocycles. The summed E-state index contributed by atoms with van der Waals surface area (Å²) in [6, 6.07) is 52.4. The van der Waals surface area contributed by atoms with E-state index in [1.165, 1.54) is 54.9 Å². The maximum atomic E-state index is 6.64. The van der Waals surface area contributed by atoms with Crippen molar-refractivity contribution in [2.24, 2.45) is 0 Å². The number of aryl methyl sites for hydroxylation is 2. The van der Waals surface area contributed by atoms with E-state index in [4.69, 9.17) is 8.83 Å². The van der Waals surface area contributed by atoms with Gasteiger partial charge < -0.3 is 8.83 Å². The molecule has 226 valence electrons. The van der Waals surface area contributed by atoms with Crippen molar-refractivity contribution in [2.45, 2.75) is 13.8 Å². The summed E-state index contributed by atoms with van der Waals surface area (Å²) < 4.78 is 12.8. The second-order valence-corrected chi connectivity index (χ2v) is 12.9. The predicted molar refractivity (Wildman–Crippen MR) is 202 cm³/mol. The molecular formula is C46H30O2. The Morgan fingerprint density at radius 3 is 1.75 bits per heavy atom. The summed E-state index contributed by atoms with van der Waals surface area (Å²) in [6.45, 7) is 4.39. The average Bonchev–Trinajstić information content (AvgIpc) is 3.69. The maximum absolute atomic E-state index is 6.64. The van der Waals surface area contributed by atoms with Gasteiger partial charge in [0.2, 0.25) is 0 Å². The number of fused-ring (bicyclic) bond motifs is 9. The fourth-order valence-electron chi connectivity index (χ4n) is 8.00. The number of benzene rings is 8. The first-order valence-corrected chi connectivity index (χ1v) is 16.5. The minimum absolute atomic E-state index is 0.842. The van der Waals surface area contributed by atoms with Crippen LogP contribution in [0.1, 0.15) is 11.1 Å². The van der Waals surface area contributed by atoms with E-state index in [9.17, 15) is 0 Å². The third-order valence-corrected chi connectivity index (χ3v) is 10.0. The van der Waals surface area contributed by atoms with Gasteiger partial charge in [-0.3, -0.25) is 0 Å². The van der Waals surface area contributed by atoms with Crippen molar-refractivity contribution in [3.63, 3.8) is 0 Å². The van der Waals surface area contributed by atoms with Crippen molar-refractivity contribution < 1.29 is 8.83 Å². The molecule has 0 bridgehead atoms. The fraction of sp³-hybridized carbons (Fsp3) is 0.0435. The predicted octanol–water partition coefficient (Wildman–Crippen LogP) is 13.4.